The van der Waals surface area contributed by atoms with Crippen LogP contribution in [0, 0.1) is 46.3 Å². The van der Waals surface area contributed by atoms with E-state index in [2.05, 4.69) is 10.6 Å². The number of ether oxygens (including phenoxy) is 2. The molecule has 14 heteroatoms. The molecular formula is C48H52N2O10S2. The number of ketones is 2. The zero-order valence-corrected chi connectivity index (χ0v) is 35.9. The number of dihydropyridines is 1. The van der Waals surface area contributed by atoms with Gasteiger partial charge in [0, 0.05) is 29.2 Å². The number of fused-ring (bicyclic) bond motifs is 2. The summed E-state index contributed by atoms with van der Waals surface area (Å²) >= 11 is 0. The van der Waals surface area contributed by atoms with Gasteiger partial charge in [-0.15, -0.1) is 0 Å². The van der Waals surface area contributed by atoms with Crippen LogP contribution in [0.4, 0.5) is 0 Å². The Labute approximate surface area is 367 Å². The first kappa shape index (κ1) is 40.0. The number of aliphatic hydroxyl groups is 6. The minimum Gasteiger partial charge on any atom is -0.511 e. The van der Waals surface area contributed by atoms with E-state index in [4.69, 9.17) is 9.47 Å². The highest BCUT2D eigenvalue weighted by Gasteiger charge is 2.78. The normalized spacial score (nSPS) is 42.3. The van der Waals surface area contributed by atoms with Gasteiger partial charge in [-0.05, 0) is 121 Å². The van der Waals surface area contributed by atoms with E-state index in [1.165, 1.54) is 44.4 Å². The molecule has 0 aromatic heterocycles. The van der Waals surface area contributed by atoms with Gasteiger partial charge < -0.3 is 50.7 Å². The monoisotopic (exact) mass is 880 g/mol. The zero-order chi connectivity index (χ0) is 42.5. The van der Waals surface area contributed by atoms with Crippen molar-refractivity contribution in [2.45, 2.75) is 87.7 Å². The number of hydrogen-bond donors (Lipinski definition) is 8. The molecule has 3 aliphatic heterocycles. The van der Waals surface area contributed by atoms with Crippen LogP contribution in [0.3, 0.4) is 0 Å². The standard InChI is InChI=1S/C48H52N2O10S2/c51-19-24-4-1-3-23(11-24)12-25-13-33-38(54)30-5-2-6-34-36(30)40(55)46(33,35(53)14-25)21-61-62-22-50-42-31-10-9-28-7-8-29-16-26-15-27-17-45(20-52)44(57)48(58,41(56)43(59-34)60-45)39(27)47(28,29)37(31)32(26)18-49-42/h1-6,11,13-14,26-29,33,39,41,43-44,49-53,56-58H,7-10,12,15-22H2/t26-,27+,28+,29-,33-,39+,41+,43-,44-,45-,46+,47+,48-/m1/s1. The van der Waals surface area contributed by atoms with E-state index in [9.17, 15) is 35.4 Å². The second-order valence-electron chi connectivity index (χ2n) is 19.7. The van der Waals surface area contributed by atoms with Crippen molar-refractivity contribution >= 4 is 33.2 Å². The van der Waals surface area contributed by atoms with Crippen molar-refractivity contribution in [1.29, 1.82) is 0 Å². The van der Waals surface area contributed by atoms with E-state index >= 15 is 4.79 Å². The van der Waals surface area contributed by atoms with Crippen LogP contribution in [-0.2, 0) is 17.8 Å². The SMILES string of the molecule is O=C1c2cccc3c2C(=O)[C@]2(CSSCNC4=C5CC[C@@H]6CC[C@@H]7C[C@H]8C[C@H]9C[C@]%10(CO)O[C@@H](O3)[C@H](O)[C@@](O)([C@@H]%10O)[C@@H]9[C@@]67C5=C8CN4)C(O)=CC(Cc3cccc(CO)c3)=C[C@H]12. The molecule has 0 radical (unpaired) electrons. The molecule has 12 nitrogen and oxygen atoms in total. The summed E-state index contributed by atoms with van der Waals surface area (Å²) < 4.78 is 13.2. The molecule has 2 spiro atoms. The number of nitrogens with one attached hydrogen (secondary N) is 2. The van der Waals surface area contributed by atoms with E-state index in [-0.39, 0.29) is 70.9 Å². The van der Waals surface area contributed by atoms with Crippen molar-refractivity contribution in [3.05, 3.63) is 111 Å². The van der Waals surface area contributed by atoms with E-state index in [0.29, 0.717) is 24.4 Å². The number of rotatable bonds is 4. The Morgan fingerprint density at radius 3 is 2.61 bits per heavy atom. The molecule has 0 amide bonds. The molecule has 2 aromatic rings. The molecule has 13 rings (SSSR count). The van der Waals surface area contributed by atoms with Gasteiger partial charge in [-0.1, -0.05) is 64.1 Å². The fraction of sp³-hybridized carbons (Fsp3) is 0.542. The van der Waals surface area contributed by atoms with Crippen LogP contribution in [0.1, 0.15) is 76.8 Å². The Bertz CT molecular complexity index is 2450. The Morgan fingerprint density at radius 1 is 0.952 bits per heavy atom. The lowest BCUT2D eigenvalue weighted by Crippen LogP contribution is -2.81. The largest absolute Gasteiger partial charge is 0.511 e. The molecule has 8 aliphatic carbocycles. The molecule has 8 N–H and O–H groups in total. The summed E-state index contributed by atoms with van der Waals surface area (Å²) in [5.41, 5.74) is 0.147. The van der Waals surface area contributed by atoms with Gasteiger partial charge in [0.1, 0.15) is 46.2 Å². The molecule has 5 fully saturated rings. The summed E-state index contributed by atoms with van der Waals surface area (Å²) in [6, 6.07) is 12.2. The van der Waals surface area contributed by atoms with Crippen molar-refractivity contribution in [1.82, 2.24) is 10.6 Å². The van der Waals surface area contributed by atoms with Gasteiger partial charge >= 0.3 is 0 Å². The number of Topliss-reactive ketones (excluding diaryl/α,β-unsaturated/α-hetero) is 2. The summed E-state index contributed by atoms with van der Waals surface area (Å²) in [5, 5.41) is 79.6. The number of carbonyl (C=O) groups is 2. The van der Waals surface area contributed by atoms with Crippen LogP contribution in [0.5, 0.6) is 5.75 Å². The summed E-state index contributed by atoms with van der Waals surface area (Å²) in [5.74, 6) is -0.790. The van der Waals surface area contributed by atoms with Gasteiger partial charge in [0.15, 0.2) is 11.6 Å². The number of allylic oxidation sites excluding steroid dienone is 6. The molecule has 1 saturated heterocycles. The topological polar surface area (TPSA) is 198 Å². The third-order valence-corrected chi connectivity index (χ3v) is 19.4. The average Bonchev–Trinajstić information content (AvgIpc) is 3.51. The number of carbonyl (C=O) groups excluding carboxylic acids is 2. The summed E-state index contributed by atoms with van der Waals surface area (Å²) in [6.07, 6.45) is 4.39. The Kier molecular flexibility index (Phi) is 8.99. The molecular weight excluding hydrogens is 829 g/mol. The highest BCUT2D eigenvalue weighted by molar-refractivity contribution is 8.76. The predicted molar refractivity (Wildman–Crippen MR) is 230 cm³/mol. The molecule has 3 heterocycles. The second kappa shape index (κ2) is 14.0. The first-order chi connectivity index (χ1) is 30.0. The van der Waals surface area contributed by atoms with Crippen LogP contribution < -0.4 is 15.4 Å². The second-order valence-corrected chi connectivity index (χ2v) is 22.1. The molecule has 0 unspecified atom stereocenters. The first-order valence-electron chi connectivity index (χ1n) is 22.2. The summed E-state index contributed by atoms with van der Waals surface area (Å²) in [6.45, 7) is -0.107. The minimum atomic E-state index is -2.17. The molecule has 2 aromatic carbocycles. The van der Waals surface area contributed by atoms with Crippen LogP contribution in [-0.4, -0.2) is 96.7 Å². The lowest BCUT2D eigenvalue weighted by Gasteiger charge is -2.67. The van der Waals surface area contributed by atoms with Crippen LogP contribution in [0.2, 0.25) is 0 Å². The minimum absolute atomic E-state index is 0.0508. The van der Waals surface area contributed by atoms with Crippen molar-refractivity contribution in [2.24, 2.45) is 46.3 Å². The average molecular weight is 881 g/mol. The fourth-order valence-electron chi connectivity index (χ4n) is 15.0. The smallest absolute Gasteiger partial charge is 0.229 e. The lowest BCUT2D eigenvalue weighted by atomic mass is 9.42. The maximum atomic E-state index is 15.4. The van der Waals surface area contributed by atoms with E-state index in [0.717, 1.165) is 55.5 Å². The predicted octanol–water partition coefficient (Wildman–Crippen LogP) is 4.62. The summed E-state index contributed by atoms with van der Waals surface area (Å²) in [4.78, 5) is 30.3. The van der Waals surface area contributed by atoms with Crippen LogP contribution >= 0.6 is 21.6 Å². The zero-order valence-electron chi connectivity index (χ0n) is 34.2. The van der Waals surface area contributed by atoms with Gasteiger partial charge in [0.05, 0.1) is 30.6 Å². The number of benzene rings is 2. The quantitative estimate of drug-likeness (QED) is 0.198. The van der Waals surface area contributed by atoms with Crippen molar-refractivity contribution in [3.63, 3.8) is 0 Å². The number of hydrogen-bond acceptors (Lipinski definition) is 14. The summed E-state index contributed by atoms with van der Waals surface area (Å²) in [7, 11) is 2.92. The molecule has 62 heavy (non-hydrogen) atoms. The van der Waals surface area contributed by atoms with Gasteiger partial charge in [-0.25, -0.2) is 0 Å². The van der Waals surface area contributed by atoms with Crippen LogP contribution in [0.15, 0.2) is 88.5 Å². The molecule has 4 saturated carbocycles. The lowest BCUT2D eigenvalue weighted by molar-refractivity contribution is -0.394. The fourth-order valence-corrected chi connectivity index (χ4v) is 17.2. The molecule has 11 bridgehead atoms. The van der Waals surface area contributed by atoms with E-state index in [1.807, 2.05) is 24.3 Å². The van der Waals surface area contributed by atoms with Gasteiger partial charge in [-0.3, -0.25) is 9.59 Å². The van der Waals surface area contributed by atoms with Gasteiger partial charge in [0.25, 0.3) is 0 Å². The highest BCUT2D eigenvalue weighted by atomic mass is 33.1. The Hall–Kier alpha value is -3.60. The Balaban J connectivity index is 1.02. The van der Waals surface area contributed by atoms with Crippen molar-refractivity contribution in [2.75, 3.05) is 24.8 Å². The first-order valence-corrected chi connectivity index (χ1v) is 24.7. The third kappa shape index (κ3) is 5.04. The number of aliphatic hydroxyl groups excluding tert-OH is 5. The molecule has 11 aliphatic rings. The van der Waals surface area contributed by atoms with Crippen molar-refractivity contribution < 1.29 is 49.7 Å². The van der Waals surface area contributed by atoms with Crippen LogP contribution in [0.25, 0.3) is 0 Å². The van der Waals surface area contributed by atoms with E-state index in [1.54, 1.807) is 24.3 Å². The van der Waals surface area contributed by atoms with Gasteiger partial charge in [-0.2, -0.15) is 0 Å². The highest BCUT2D eigenvalue weighted by Crippen LogP contribution is 2.76. The van der Waals surface area contributed by atoms with Gasteiger partial charge in [0.2, 0.25) is 6.29 Å². The Morgan fingerprint density at radius 2 is 1.77 bits per heavy atom. The van der Waals surface area contributed by atoms with E-state index < -0.39 is 64.8 Å². The molecule has 326 valence electrons. The maximum absolute atomic E-state index is 15.4. The third-order valence-electron chi connectivity index (χ3n) is 17.2. The van der Waals surface area contributed by atoms with Crippen molar-refractivity contribution in [3.8, 4) is 5.75 Å². The molecule has 13 atom stereocenters. The maximum Gasteiger partial charge on any atom is 0.229 e.